The van der Waals surface area contributed by atoms with Gasteiger partial charge in [-0.05, 0) is 57.5 Å². The molecule has 0 amide bonds. The molecular weight excluding hydrogens is 353 g/mol. The number of aromatic nitrogens is 2. The van der Waals surface area contributed by atoms with E-state index in [0.29, 0.717) is 12.1 Å². The maximum atomic E-state index is 13.2. The molecule has 0 spiro atoms. The van der Waals surface area contributed by atoms with Gasteiger partial charge in [0.25, 0.3) is 0 Å². The highest BCUT2D eigenvalue weighted by Crippen LogP contribution is 2.22. The minimum atomic E-state index is -0.163. The average molecular weight is 386 g/mol. The van der Waals surface area contributed by atoms with Crippen LogP contribution >= 0.6 is 0 Å². The molecule has 0 radical (unpaired) electrons. The van der Waals surface area contributed by atoms with Gasteiger partial charge in [0, 0.05) is 68.8 Å². The molecule has 2 saturated heterocycles. The van der Waals surface area contributed by atoms with E-state index >= 15 is 0 Å². The first kappa shape index (κ1) is 19.4. The van der Waals surface area contributed by atoms with E-state index in [9.17, 15) is 4.39 Å². The molecule has 3 heterocycles. The van der Waals surface area contributed by atoms with Gasteiger partial charge in [0.2, 0.25) is 0 Å². The Labute approximate surface area is 167 Å². The second-order valence-electron chi connectivity index (χ2n) is 8.45. The van der Waals surface area contributed by atoms with Gasteiger partial charge in [-0.25, -0.2) is 4.39 Å². The number of piperidine rings is 1. The molecule has 0 bridgehead atoms. The lowest BCUT2D eigenvalue weighted by atomic mass is 10.0. The first-order valence-corrected chi connectivity index (χ1v) is 10.6. The van der Waals surface area contributed by atoms with Crippen LogP contribution in [0, 0.1) is 5.82 Å². The van der Waals surface area contributed by atoms with Crippen LogP contribution in [0.15, 0.2) is 36.7 Å². The quantitative estimate of drug-likeness (QED) is 0.789. The summed E-state index contributed by atoms with van der Waals surface area (Å²) in [5.41, 5.74) is 2.45. The summed E-state index contributed by atoms with van der Waals surface area (Å²) in [4.78, 5) is 7.61. The molecule has 1 atom stereocenters. The standard InChI is InChI=1S/C22H32FN5/c1-18(2)28-16-19(14-24-28)15-25-9-3-4-22(17-25)27-12-10-26(11-13-27)21-7-5-20(23)6-8-21/h5-8,14,16,18,22H,3-4,9-13,15,17H2,1-2H3. The molecule has 2 fully saturated rings. The highest BCUT2D eigenvalue weighted by Gasteiger charge is 2.28. The summed E-state index contributed by atoms with van der Waals surface area (Å²) in [6, 6.07) is 7.96. The number of halogens is 1. The van der Waals surface area contributed by atoms with Crippen LogP contribution in [-0.4, -0.2) is 64.9 Å². The van der Waals surface area contributed by atoms with Crippen molar-refractivity contribution in [3.05, 3.63) is 48.0 Å². The second-order valence-corrected chi connectivity index (χ2v) is 8.45. The van der Waals surface area contributed by atoms with E-state index in [1.807, 2.05) is 23.0 Å². The van der Waals surface area contributed by atoms with Gasteiger partial charge >= 0.3 is 0 Å². The highest BCUT2D eigenvalue weighted by molar-refractivity contribution is 5.46. The molecule has 2 aliphatic heterocycles. The molecule has 5 nitrogen and oxygen atoms in total. The Kier molecular flexibility index (Phi) is 5.97. The Balaban J connectivity index is 1.29. The fourth-order valence-corrected chi connectivity index (χ4v) is 4.47. The van der Waals surface area contributed by atoms with Crippen molar-refractivity contribution in [2.24, 2.45) is 0 Å². The van der Waals surface area contributed by atoms with Crippen molar-refractivity contribution in [1.82, 2.24) is 19.6 Å². The molecule has 1 aromatic carbocycles. The Morgan fingerprint density at radius 1 is 1.07 bits per heavy atom. The molecule has 4 rings (SSSR count). The minimum absolute atomic E-state index is 0.163. The fourth-order valence-electron chi connectivity index (χ4n) is 4.47. The molecule has 0 N–H and O–H groups in total. The van der Waals surface area contributed by atoms with Crippen molar-refractivity contribution in [1.29, 1.82) is 0 Å². The van der Waals surface area contributed by atoms with E-state index < -0.39 is 0 Å². The number of rotatable bonds is 5. The molecule has 2 aliphatic rings. The van der Waals surface area contributed by atoms with E-state index in [1.54, 1.807) is 12.1 Å². The second kappa shape index (κ2) is 8.62. The third-order valence-electron chi connectivity index (χ3n) is 6.09. The summed E-state index contributed by atoms with van der Waals surface area (Å²) in [7, 11) is 0. The topological polar surface area (TPSA) is 27.5 Å². The van der Waals surface area contributed by atoms with Crippen LogP contribution < -0.4 is 4.90 Å². The predicted molar refractivity (Wildman–Crippen MR) is 111 cm³/mol. The highest BCUT2D eigenvalue weighted by atomic mass is 19.1. The number of likely N-dealkylation sites (tertiary alicyclic amines) is 1. The van der Waals surface area contributed by atoms with Crippen LogP contribution in [0.3, 0.4) is 0 Å². The van der Waals surface area contributed by atoms with Gasteiger partial charge in [0.15, 0.2) is 0 Å². The minimum Gasteiger partial charge on any atom is -0.369 e. The molecule has 1 aromatic heterocycles. The summed E-state index contributed by atoms with van der Waals surface area (Å²) in [6.07, 6.45) is 6.76. The summed E-state index contributed by atoms with van der Waals surface area (Å²) >= 11 is 0. The molecule has 152 valence electrons. The average Bonchev–Trinajstić information content (AvgIpc) is 3.18. The van der Waals surface area contributed by atoms with Gasteiger partial charge in [0.05, 0.1) is 6.20 Å². The zero-order valence-corrected chi connectivity index (χ0v) is 17.1. The number of anilines is 1. The van der Waals surface area contributed by atoms with Crippen LogP contribution in [0.2, 0.25) is 0 Å². The van der Waals surface area contributed by atoms with Crippen molar-refractivity contribution in [3.8, 4) is 0 Å². The van der Waals surface area contributed by atoms with Crippen molar-refractivity contribution < 1.29 is 4.39 Å². The SMILES string of the molecule is CC(C)n1cc(CN2CCCC(N3CCN(c4ccc(F)cc4)CC3)C2)cn1. The Bertz CT molecular complexity index is 749. The third kappa shape index (κ3) is 4.55. The number of benzene rings is 1. The normalized spacial score (nSPS) is 22.1. The first-order valence-electron chi connectivity index (χ1n) is 10.6. The summed E-state index contributed by atoms with van der Waals surface area (Å²) in [5, 5.41) is 4.48. The summed E-state index contributed by atoms with van der Waals surface area (Å²) in [5.74, 6) is -0.163. The Hall–Kier alpha value is -1.92. The van der Waals surface area contributed by atoms with Crippen molar-refractivity contribution in [2.75, 3.05) is 44.2 Å². The largest absolute Gasteiger partial charge is 0.369 e. The third-order valence-corrected chi connectivity index (χ3v) is 6.09. The van der Waals surface area contributed by atoms with E-state index in [0.717, 1.165) is 45.0 Å². The lowest BCUT2D eigenvalue weighted by molar-refractivity contribution is 0.0887. The van der Waals surface area contributed by atoms with Crippen LogP contribution in [0.5, 0.6) is 0 Å². The number of hydrogen-bond donors (Lipinski definition) is 0. The van der Waals surface area contributed by atoms with Crippen LogP contribution in [0.4, 0.5) is 10.1 Å². The maximum absolute atomic E-state index is 13.2. The van der Waals surface area contributed by atoms with Crippen LogP contribution in [0.1, 0.15) is 38.3 Å². The Morgan fingerprint density at radius 2 is 1.82 bits per heavy atom. The van der Waals surface area contributed by atoms with E-state index in [1.165, 1.54) is 24.9 Å². The van der Waals surface area contributed by atoms with Crippen LogP contribution in [0.25, 0.3) is 0 Å². The molecule has 28 heavy (non-hydrogen) atoms. The van der Waals surface area contributed by atoms with Gasteiger partial charge in [-0.2, -0.15) is 5.10 Å². The van der Waals surface area contributed by atoms with Crippen molar-refractivity contribution in [2.45, 2.75) is 45.3 Å². The predicted octanol–water partition coefficient (Wildman–Crippen LogP) is 3.39. The number of hydrogen-bond acceptors (Lipinski definition) is 4. The smallest absolute Gasteiger partial charge is 0.123 e. The van der Waals surface area contributed by atoms with Crippen LogP contribution in [-0.2, 0) is 6.54 Å². The van der Waals surface area contributed by atoms with E-state index in [4.69, 9.17) is 0 Å². The summed E-state index contributed by atoms with van der Waals surface area (Å²) < 4.78 is 15.2. The molecule has 6 heteroatoms. The van der Waals surface area contributed by atoms with Crippen molar-refractivity contribution >= 4 is 5.69 Å². The lowest BCUT2D eigenvalue weighted by Gasteiger charge is -2.44. The first-order chi connectivity index (χ1) is 13.6. The molecular formula is C22H32FN5. The lowest BCUT2D eigenvalue weighted by Crippen LogP contribution is -2.55. The van der Waals surface area contributed by atoms with Gasteiger partial charge in [0.1, 0.15) is 5.82 Å². The monoisotopic (exact) mass is 385 g/mol. The molecule has 0 saturated carbocycles. The molecule has 2 aromatic rings. The zero-order valence-electron chi connectivity index (χ0n) is 17.1. The zero-order chi connectivity index (χ0) is 19.5. The van der Waals surface area contributed by atoms with Gasteiger partial charge in [-0.15, -0.1) is 0 Å². The molecule has 0 aliphatic carbocycles. The maximum Gasteiger partial charge on any atom is 0.123 e. The molecule has 1 unspecified atom stereocenters. The van der Waals surface area contributed by atoms with Gasteiger partial charge < -0.3 is 4.90 Å². The number of piperazine rings is 1. The summed E-state index contributed by atoms with van der Waals surface area (Å²) in [6.45, 7) is 11.9. The fraction of sp³-hybridized carbons (Fsp3) is 0.591. The van der Waals surface area contributed by atoms with E-state index in [2.05, 4.69) is 39.8 Å². The van der Waals surface area contributed by atoms with Gasteiger partial charge in [-0.1, -0.05) is 0 Å². The van der Waals surface area contributed by atoms with Crippen molar-refractivity contribution in [3.63, 3.8) is 0 Å². The Morgan fingerprint density at radius 3 is 2.50 bits per heavy atom. The van der Waals surface area contributed by atoms with E-state index in [-0.39, 0.29) is 5.82 Å². The number of nitrogens with zero attached hydrogens (tertiary/aromatic N) is 5. The van der Waals surface area contributed by atoms with Gasteiger partial charge in [-0.3, -0.25) is 14.5 Å².